The third-order valence-electron chi connectivity index (χ3n) is 4.61. The normalized spacial score (nSPS) is 11.3. The molecule has 0 atom stereocenters. The van der Waals surface area contributed by atoms with Gasteiger partial charge in [-0.15, -0.1) is 0 Å². The molecule has 4 rings (SSSR count). The number of nitrogens with zero attached hydrogens (tertiary/aromatic N) is 2. The number of aryl methyl sites for hydroxylation is 3. The Morgan fingerprint density at radius 2 is 2.04 bits per heavy atom. The van der Waals surface area contributed by atoms with E-state index in [9.17, 15) is 4.79 Å². The highest BCUT2D eigenvalue weighted by Crippen LogP contribution is 2.27. The van der Waals surface area contributed by atoms with Crippen LogP contribution in [0.4, 0.5) is 0 Å². The van der Waals surface area contributed by atoms with Gasteiger partial charge in [0.1, 0.15) is 5.76 Å². The van der Waals surface area contributed by atoms with Gasteiger partial charge in [-0.1, -0.05) is 17.3 Å². The summed E-state index contributed by atoms with van der Waals surface area (Å²) in [7, 11) is 0. The predicted molar refractivity (Wildman–Crippen MR) is 97.8 cm³/mol. The largest absolute Gasteiger partial charge is 0.361 e. The molecule has 0 unspecified atom stereocenters. The van der Waals surface area contributed by atoms with E-state index in [4.69, 9.17) is 4.52 Å². The summed E-state index contributed by atoms with van der Waals surface area (Å²) < 4.78 is 7.05. The highest BCUT2D eigenvalue weighted by molar-refractivity contribution is 5.82. The first kappa shape index (κ1) is 15.4. The Hall–Kier alpha value is -3.08. The van der Waals surface area contributed by atoms with Crippen molar-refractivity contribution in [2.45, 2.75) is 27.3 Å². The van der Waals surface area contributed by atoms with Gasteiger partial charge in [-0.2, -0.15) is 0 Å². The van der Waals surface area contributed by atoms with Gasteiger partial charge in [-0.25, -0.2) is 0 Å². The van der Waals surface area contributed by atoms with Crippen LogP contribution in [0.3, 0.4) is 0 Å². The number of pyridine rings is 1. The fourth-order valence-corrected chi connectivity index (χ4v) is 3.41. The molecule has 0 saturated heterocycles. The van der Waals surface area contributed by atoms with E-state index in [0.29, 0.717) is 12.1 Å². The summed E-state index contributed by atoms with van der Waals surface area (Å²) in [4.78, 5) is 15.9. The number of rotatable bonds is 3. The first-order chi connectivity index (χ1) is 12.0. The Kier molecular flexibility index (Phi) is 3.57. The summed E-state index contributed by atoms with van der Waals surface area (Å²) in [5.74, 6) is 0.759. The zero-order valence-corrected chi connectivity index (χ0v) is 14.5. The molecule has 126 valence electrons. The lowest BCUT2D eigenvalue weighted by Crippen LogP contribution is -2.22. The Morgan fingerprint density at radius 3 is 2.80 bits per heavy atom. The maximum absolute atomic E-state index is 12.7. The molecule has 0 fully saturated rings. The van der Waals surface area contributed by atoms with Crippen LogP contribution >= 0.6 is 0 Å². The van der Waals surface area contributed by atoms with Crippen LogP contribution in [0.1, 0.15) is 22.6 Å². The summed E-state index contributed by atoms with van der Waals surface area (Å²) in [6.45, 7) is 6.17. The molecule has 0 aliphatic rings. The van der Waals surface area contributed by atoms with Crippen LogP contribution in [-0.4, -0.2) is 14.7 Å². The SMILES string of the molecule is Cc1noc(C)c1-c1cc(C)c(=O)n(Cc2cccc3[nH]ccc23)c1. The molecule has 3 aromatic heterocycles. The average molecular weight is 333 g/mol. The van der Waals surface area contributed by atoms with Gasteiger partial charge in [0.2, 0.25) is 0 Å². The fourth-order valence-electron chi connectivity index (χ4n) is 3.41. The Labute approximate surface area is 144 Å². The minimum Gasteiger partial charge on any atom is -0.361 e. The molecule has 0 aliphatic heterocycles. The molecule has 1 N–H and O–H groups in total. The zero-order valence-electron chi connectivity index (χ0n) is 14.5. The highest BCUT2D eigenvalue weighted by atomic mass is 16.5. The van der Waals surface area contributed by atoms with Crippen LogP contribution in [0.2, 0.25) is 0 Å². The molecule has 0 saturated carbocycles. The van der Waals surface area contributed by atoms with Crippen LogP contribution in [-0.2, 0) is 6.54 Å². The lowest BCUT2D eigenvalue weighted by atomic mass is 10.0. The van der Waals surface area contributed by atoms with E-state index in [2.05, 4.69) is 16.2 Å². The molecule has 5 nitrogen and oxygen atoms in total. The van der Waals surface area contributed by atoms with Crippen LogP contribution in [0.5, 0.6) is 0 Å². The third-order valence-corrected chi connectivity index (χ3v) is 4.61. The summed E-state index contributed by atoms with van der Waals surface area (Å²) >= 11 is 0. The minimum absolute atomic E-state index is 0.0167. The third kappa shape index (κ3) is 2.58. The van der Waals surface area contributed by atoms with Crippen LogP contribution < -0.4 is 5.56 Å². The number of benzene rings is 1. The van der Waals surface area contributed by atoms with Gasteiger partial charge < -0.3 is 14.1 Å². The van der Waals surface area contributed by atoms with Crippen molar-refractivity contribution in [1.29, 1.82) is 0 Å². The van der Waals surface area contributed by atoms with Crippen molar-refractivity contribution in [3.63, 3.8) is 0 Å². The highest BCUT2D eigenvalue weighted by Gasteiger charge is 2.14. The molecule has 1 aromatic carbocycles. The fraction of sp³-hybridized carbons (Fsp3) is 0.200. The number of fused-ring (bicyclic) bond motifs is 1. The number of H-pyrrole nitrogens is 1. The van der Waals surface area contributed by atoms with E-state index in [-0.39, 0.29) is 5.56 Å². The quantitative estimate of drug-likeness (QED) is 0.617. The van der Waals surface area contributed by atoms with E-state index in [1.54, 1.807) is 4.57 Å². The Bertz CT molecular complexity index is 1110. The second-order valence-electron chi connectivity index (χ2n) is 6.40. The molecular formula is C20H19N3O2. The average Bonchev–Trinajstić information content (AvgIpc) is 3.19. The topological polar surface area (TPSA) is 63.8 Å². The van der Waals surface area contributed by atoms with Gasteiger partial charge in [-0.3, -0.25) is 4.79 Å². The number of hydrogen-bond donors (Lipinski definition) is 1. The lowest BCUT2D eigenvalue weighted by Gasteiger charge is -2.11. The summed E-state index contributed by atoms with van der Waals surface area (Å²) in [6.07, 6.45) is 3.82. The van der Waals surface area contributed by atoms with Crippen molar-refractivity contribution in [2.75, 3.05) is 0 Å². The second kappa shape index (κ2) is 5.77. The van der Waals surface area contributed by atoms with Gasteiger partial charge >= 0.3 is 0 Å². The van der Waals surface area contributed by atoms with E-state index >= 15 is 0 Å². The first-order valence-electron chi connectivity index (χ1n) is 8.24. The van der Waals surface area contributed by atoms with Gasteiger partial charge in [-0.05, 0) is 44.5 Å². The van der Waals surface area contributed by atoms with Crippen molar-refractivity contribution < 1.29 is 4.52 Å². The van der Waals surface area contributed by atoms with Crippen molar-refractivity contribution in [3.8, 4) is 11.1 Å². The Balaban J connectivity index is 1.85. The molecule has 25 heavy (non-hydrogen) atoms. The van der Waals surface area contributed by atoms with E-state index in [1.165, 1.54) is 0 Å². The van der Waals surface area contributed by atoms with Crippen molar-refractivity contribution >= 4 is 10.9 Å². The molecule has 0 aliphatic carbocycles. The molecular weight excluding hydrogens is 314 g/mol. The predicted octanol–water partition coefficient (Wildman–Crippen LogP) is 3.96. The van der Waals surface area contributed by atoms with Gasteiger partial charge in [0.25, 0.3) is 5.56 Å². The Morgan fingerprint density at radius 1 is 1.20 bits per heavy atom. The number of aromatic amines is 1. The van der Waals surface area contributed by atoms with Crippen molar-refractivity contribution in [2.24, 2.45) is 0 Å². The molecule has 0 bridgehead atoms. The minimum atomic E-state index is 0.0167. The molecule has 3 heterocycles. The maximum atomic E-state index is 12.7. The molecule has 0 amide bonds. The number of nitrogens with one attached hydrogen (secondary N) is 1. The first-order valence-corrected chi connectivity index (χ1v) is 8.24. The van der Waals surface area contributed by atoms with Gasteiger partial charge in [0.05, 0.1) is 12.2 Å². The smallest absolute Gasteiger partial charge is 0.253 e. The molecule has 0 spiro atoms. The second-order valence-corrected chi connectivity index (χ2v) is 6.40. The van der Waals surface area contributed by atoms with Crippen molar-refractivity contribution in [3.05, 3.63) is 75.7 Å². The van der Waals surface area contributed by atoms with Crippen LogP contribution in [0.15, 0.2) is 52.0 Å². The van der Waals surface area contributed by atoms with E-state index in [0.717, 1.165) is 39.0 Å². The maximum Gasteiger partial charge on any atom is 0.253 e. The summed E-state index contributed by atoms with van der Waals surface area (Å²) in [5, 5.41) is 5.16. The number of aromatic nitrogens is 3. The van der Waals surface area contributed by atoms with E-state index < -0.39 is 0 Å². The lowest BCUT2D eigenvalue weighted by molar-refractivity contribution is 0.393. The standard InChI is InChI=1S/C20H19N3O2/c1-12-9-16(19-13(2)22-25-14(19)3)11-23(20(12)24)10-15-5-4-6-18-17(15)7-8-21-18/h4-9,11,21H,10H2,1-3H3. The van der Waals surface area contributed by atoms with E-state index in [1.807, 2.05) is 57.4 Å². The van der Waals surface area contributed by atoms with Crippen molar-refractivity contribution in [1.82, 2.24) is 14.7 Å². The molecule has 0 radical (unpaired) electrons. The molecule has 5 heteroatoms. The van der Waals surface area contributed by atoms with Crippen LogP contribution in [0, 0.1) is 20.8 Å². The summed E-state index contributed by atoms with van der Waals surface area (Å²) in [5.41, 5.74) is 5.64. The summed E-state index contributed by atoms with van der Waals surface area (Å²) in [6, 6.07) is 10.0. The van der Waals surface area contributed by atoms with Gasteiger partial charge in [0, 0.05) is 40.0 Å². The van der Waals surface area contributed by atoms with Crippen LogP contribution in [0.25, 0.3) is 22.0 Å². The van der Waals surface area contributed by atoms with Gasteiger partial charge in [0.15, 0.2) is 0 Å². The number of hydrogen-bond acceptors (Lipinski definition) is 3. The molecule has 4 aromatic rings. The zero-order chi connectivity index (χ0) is 17.6. The monoisotopic (exact) mass is 333 g/mol.